The van der Waals surface area contributed by atoms with Crippen LogP contribution in [0.25, 0.3) is 0 Å². The Balaban J connectivity index is 2.24. The number of hydrogen-bond donors (Lipinski definition) is 1. The molecule has 1 aromatic rings. The predicted octanol–water partition coefficient (Wildman–Crippen LogP) is 1.83. The van der Waals surface area contributed by atoms with E-state index in [9.17, 15) is 8.42 Å². The zero-order valence-electron chi connectivity index (χ0n) is 11.8. The molecule has 1 fully saturated rings. The smallest absolute Gasteiger partial charge is 0.244 e. The van der Waals surface area contributed by atoms with Crippen LogP contribution in [0.15, 0.2) is 23.1 Å². The van der Waals surface area contributed by atoms with Crippen molar-refractivity contribution in [3.8, 4) is 6.07 Å². The molecule has 21 heavy (non-hydrogen) atoms. The van der Waals surface area contributed by atoms with E-state index in [1.165, 1.54) is 22.5 Å². The minimum Gasteiger partial charge on any atom is -0.317 e. The molecular formula is C14H18ClN3O2S. The molecule has 1 saturated heterocycles. The Morgan fingerprint density at radius 3 is 2.71 bits per heavy atom. The van der Waals surface area contributed by atoms with E-state index in [0.29, 0.717) is 17.5 Å². The SMILES string of the molecule is CN(CC1CCNCC1)S(=O)(=O)c1cc(Cl)ccc1C#N. The van der Waals surface area contributed by atoms with E-state index in [4.69, 9.17) is 16.9 Å². The van der Waals surface area contributed by atoms with E-state index in [2.05, 4.69) is 5.32 Å². The molecule has 1 N–H and O–H groups in total. The Morgan fingerprint density at radius 1 is 1.43 bits per heavy atom. The molecule has 0 bridgehead atoms. The molecule has 0 aliphatic carbocycles. The van der Waals surface area contributed by atoms with Crippen molar-refractivity contribution in [2.24, 2.45) is 5.92 Å². The van der Waals surface area contributed by atoms with Crippen LogP contribution in [-0.4, -0.2) is 39.4 Å². The van der Waals surface area contributed by atoms with Crippen molar-refractivity contribution in [3.63, 3.8) is 0 Å². The topological polar surface area (TPSA) is 73.2 Å². The summed E-state index contributed by atoms with van der Waals surface area (Å²) < 4.78 is 26.6. The molecule has 0 radical (unpaired) electrons. The second-order valence-corrected chi connectivity index (χ2v) is 7.68. The normalized spacial score (nSPS) is 16.9. The van der Waals surface area contributed by atoms with Gasteiger partial charge in [0.05, 0.1) is 5.56 Å². The standard InChI is InChI=1S/C14H18ClN3O2S/c1-18(10-11-4-6-17-7-5-11)21(19,20)14-8-13(15)3-2-12(14)9-16/h2-3,8,11,17H,4-7,10H2,1H3. The van der Waals surface area contributed by atoms with Crippen LogP contribution in [0.2, 0.25) is 5.02 Å². The molecule has 1 aliphatic rings. The third kappa shape index (κ3) is 3.74. The summed E-state index contributed by atoms with van der Waals surface area (Å²) in [5, 5.41) is 12.7. The molecule has 0 saturated carbocycles. The molecule has 2 rings (SSSR count). The molecule has 1 aromatic carbocycles. The number of nitrogens with one attached hydrogen (secondary N) is 1. The van der Waals surface area contributed by atoms with Crippen molar-refractivity contribution in [3.05, 3.63) is 28.8 Å². The summed E-state index contributed by atoms with van der Waals surface area (Å²) in [6.45, 7) is 2.29. The molecule has 0 unspecified atom stereocenters. The first kappa shape index (κ1) is 16.2. The van der Waals surface area contributed by atoms with Crippen LogP contribution < -0.4 is 5.32 Å². The van der Waals surface area contributed by atoms with E-state index in [-0.39, 0.29) is 10.5 Å². The fourth-order valence-corrected chi connectivity index (χ4v) is 4.14. The Kier molecular flexibility index (Phi) is 5.22. The minimum absolute atomic E-state index is 0.0195. The highest BCUT2D eigenvalue weighted by molar-refractivity contribution is 7.89. The molecule has 7 heteroatoms. The van der Waals surface area contributed by atoms with Crippen LogP contribution in [0.4, 0.5) is 0 Å². The first-order valence-electron chi connectivity index (χ1n) is 6.82. The minimum atomic E-state index is -3.70. The maximum absolute atomic E-state index is 12.6. The maximum Gasteiger partial charge on any atom is 0.244 e. The Bertz CT molecular complexity index is 649. The fraction of sp³-hybridized carbons (Fsp3) is 0.500. The van der Waals surface area contributed by atoms with Crippen LogP contribution in [-0.2, 0) is 10.0 Å². The molecule has 0 atom stereocenters. The van der Waals surface area contributed by atoms with Crippen LogP contribution in [0.1, 0.15) is 18.4 Å². The number of halogens is 1. The quantitative estimate of drug-likeness (QED) is 0.915. The van der Waals surface area contributed by atoms with Crippen molar-refractivity contribution < 1.29 is 8.42 Å². The van der Waals surface area contributed by atoms with Gasteiger partial charge in [0.2, 0.25) is 10.0 Å². The molecule has 1 aliphatic heterocycles. The van der Waals surface area contributed by atoms with E-state index < -0.39 is 10.0 Å². The van der Waals surface area contributed by atoms with Crippen molar-refractivity contribution in [2.45, 2.75) is 17.7 Å². The molecule has 1 heterocycles. The lowest BCUT2D eigenvalue weighted by molar-refractivity contribution is 0.311. The first-order valence-corrected chi connectivity index (χ1v) is 8.63. The van der Waals surface area contributed by atoms with Gasteiger partial charge in [0, 0.05) is 18.6 Å². The first-order chi connectivity index (χ1) is 9.95. The zero-order valence-corrected chi connectivity index (χ0v) is 13.4. The highest BCUT2D eigenvalue weighted by atomic mass is 35.5. The van der Waals surface area contributed by atoms with Crippen LogP contribution >= 0.6 is 11.6 Å². The molecular weight excluding hydrogens is 310 g/mol. The highest BCUT2D eigenvalue weighted by Gasteiger charge is 2.27. The van der Waals surface area contributed by atoms with Gasteiger partial charge in [0.1, 0.15) is 11.0 Å². The summed E-state index contributed by atoms with van der Waals surface area (Å²) in [4.78, 5) is -0.0195. The monoisotopic (exact) mass is 327 g/mol. The van der Waals surface area contributed by atoms with Gasteiger partial charge in [-0.1, -0.05) is 11.6 Å². The average Bonchev–Trinajstić information content (AvgIpc) is 2.48. The van der Waals surface area contributed by atoms with Gasteiger partial charge >= 0.3 is 0 Å². The predicted molar refractivity (Wildman–Crippen MR) is 81.6 cm³/mol. The summed E-state index contributed by atoms with van der Waals surface area (Å²) >= 11 is 5.88. The van der Waals surface area contributed by atoms with Crippen LogP contribution in [0.5, 0.6) is 0 Å². The summed E-state index contributed by atoms with van der Waals surface area (Å²) in [5.41, 5.74) is 0.122. The molecule has 0 spiro atoms. The van der Waals surface area contributed by atoms with Crippen molar-refractivity contribution in [2.75, 3.05) is 26.7 Å². The number of sulfonamides is 1. The third-order valence-corrected chi connectivity index (χ3v) is 5.82. The van der Waals surface area contributed by atoms with Gasteiger partial charge in [-0.3, -0.25) is 0 Å². The van der Waals surface area contributed by atoms with Crippen molar-refractivity contribution in [1.82, 2.24) is 9.62 Å². The van der Waals surface area contributed by atoms with E-state index >= 15 is 0 Å². The number of nitriles is 1. The van der Waals surface area contributed by atoms with E-state index in [0.717, 1.165) is 25.9 Å². The van der Waals surface area contributed by atoms with Gasteiger partial charge in [-0.15, -0.1) is 0 Å². The molecule has 5 nitrogen and oxygen atoms in total. The summed E-state index contributed by atoms with van der Waals surface area (Å²) in [6, 6.07) is 6.21. The lowest BCUT2D eigenvalue weighted by Crippen LogP contribution is -2.37. The van der Waals surface area contributed by atoms with E-state index in [1.807, 2.05) is 6.07 Å². The lowest BCUT2D eigenvalue weighted by Gasteiger charge is -2.27. The Hall–Kier alpha value is -1.13. The van der Waals surface area contributed by atoms with Gasteiger partial charge in [0.25, 0.3) is 0 Å². The number of hydrogen-bond acceptors (Lipinski definition) is 4. The van der Waals surface area contributed by atoms with Gasteiger partial charge in [-0.25, -0.2) is 12.7 Å². The number of rotatable bonds is 4. The van der Waals surface area contributed by atoms with Gasteiger partial charge in [-0.05, 0) is 50.0 Å². The molecule has 0 amide bonds. The Morgan fingerprint density at radius 2 is 2.10 bits per heavy atom. The van der Waals surface area contributed by atoms with Crippen molar-refractivity contribution in [1.29, 1.82) is 5.26 Å². The second-order valence-electron chi connectivity index (χ2n) is 5.23. The third-order valence-electron chi connectivity index (χ3n) is 3.73. The van der Waals surface area contributed by atoms with Crippen LogP contribution in [0, 0.1) is 17.2 Å². The summed E-state index contributed by atoms with van der Waals surface area (Å²) in [5.74, 6) is 0.343. The summed E-state index contributed by atoms with van der Waals surface area (Å²) in [6.07, 6.45) is 1.92. The number of piperidine rings is 1. The molecule has 0 aromatic heterocycles. The van der Waals surface area contributed by atoms with E-state index in [1.54, 1.807) is 7.05 Å². The highest BCUT2D eigenvalue weighted by Crippen LogP contribution is 2.24. The summed E-state index contributed by atoms with van der Waals surface area (Å²) in [7, 11) is -2.14. The average molecular weight is 328 g/mol. The largest absolute Gasteiger partial charge is 0.317 e. The number of benzene rings is 1. The van der Waals surface area contributed by atoms with Gasteiger partial charge in [-0.2, -0.15) is 5.26 Å². The molecule has 114 valence electrons. The Labute approximate surface area is 130 Å². The van der Waals surface area contributed by atoms with Gasteiger partial charge < -0.3 is 5.32 Å². The fourth-order valence-electron chi connectivity index (χ4n) is 2.50. The zero-order chi connectivity index (χ0) is 15.5. The van der Waals surface area contributed by atoms with Crippen LogP contribution in [0.3, 0.4) is 0 Å². The van der Waals surface area contributed by atoms with Crippen molar-refractivity contribution >= 4 is 21.6 Å². The lowest BCUT2D eigenvalue weighted by atomic mass is 9.98. The maximum atomic E-state index is 12.6. The second kappa shape index (κ2) is 6.75. The number of nitrogens with zero attached hydrogens (tertiary/aromatic N) is 2. The van der Waals surface area contributed by atoms with Gasteiger partial charge in [0.15, 0.2) is 0 Å².